The lowest BCUT2D eigenvalue weighted by molar-refractivity contribution is 0.100. The van der Waals surface area contributed by atoms with Crippen LogP contribution in [-0.4, -0.2) is 25.7 Å². The number of unbranched alkanes of at least 4 members (excludes halogenated alkanes) is 3. The first-order valence-electron chi connectivity index (χ1n) is 8.27. The maximum atomic E-state index is 12.5. The molecule has 1 heterocycles. The van der Waals surface area contributed by atoms with Crippen LogP contribution < -0.4 is 4.72 Å². The van der Waals surface area contributed by atoms with E-state index in [1.807, 2.05) is 13.8 Å². The van der Waals surface area contributed by atoms with Gasteiger partial charge in [-0.25, -0.2) is 13.1 Å². The number of nitrogens with one attached hydrogen (secondary N) is 1. The van der Waals surface area contributed by atoms with E-state index in [9.17, 15) is 13.5 Å². The zero-order chi connectivity index (χ0) is 17.5. The van der Waals surface area contributed by atoms with Crippen LogP contribution >= 0.6 is 22.9 Å². The van der Waals surface area contributed by atoms with E-state index in [-0.39, 0.29) is 10.1 Å². The van der Waals surface area contributed by atoms with Gasteiger partial charge in [0, 0.05) is 0 Å². The van der Waals surface area contributed by atoms with Gasteiger partial charge in [0.1, 0.15) is 4.21 Å². The van der Waals surface area contributed by atoms with Gasteiger partial charge >= 0.3 is 0 Å². The van der Waals surface area contributed by atoms with E-state index in [2.05, 4.69) is 11.6 Å². The lowest BCUT2D eigenvalue weighted by Crippen LogP contribution is -2.47. The normalized spacial score (nSPS) is 16.2. The van der Waals surface area contributed by atoms with E-state index < -0.39 is 22.2 Å². The average Bonchev–Trinajstić information content (AvgIpc) is 2.95. The van der Waals surface area contributed by atoms with Crippen molar-refractivity contribution >= 4 is 33.0 Å². The highest BCUT2D eigenvalue weighted by atomic mass is 35.5. The van der Waals surface area contributed by atoms with E-state index in [1.54, 1.807) is 6.07 Å². The predicted octanol–water partition coefficient (Wildman–Crippen LogP) is 4.43. The quantitative estimate of drug-likeness (QED) is 0.557. The summed E-state index contributed by atoms with van der Waals surface area (Å²) in [7, 11) is -3.65. The van der Waals surface area contributed by atoms with Gasteiger partial charge in [-0.05, 0) is 24.5 Å². The topological polar surface area (TPSA) is 66.4 Å². The molecule has 1 aromatic heterocycles. The number of thiophene rings is 1. The van der Waals surface area contributed by atoms with Gasteiger partial charge in [0.25, 0.3) is 0 Å². The Balaban J connectivity index is 2.77. The molecule has 0 amide bonds. The summed E-state index contributed by atoms with van der Waals surface area (Å²) in [5, 5.41) is 10.5. The van der Waals surface area contributed by atoms with Crippen molar-refractivity contribution in [3.8, 4) is 0 Å². The summed E-state index contributed by atoms with van der Waals surface area (Å²) >= 11 is 6.86. The monoisotopic (exact) mass is 381 g/mol. The number of hydrogen-bond acceptors (Lipinski definition) is 4. The average molecular weight is 382 g/mol. The molecule has 0 fully saturated rings. The smallest absolute Gasteiger partial charge is 0.250 e. The molecule has 0 aliphatic carbocycles. The van der Waals surface area contributed by atoms with Crippen molar-refractivity contribution in [3.05, 3.63) is 16.5 Å². The van der Waals surface area contributed by atoms with E-state index in [1.165, 1.54) is 6.07 Å². The van der Waals surface area contributed by atoms with Gasteiger partial charge in [0.2, 0.25) is 10.0 Å². The fourth-order valence-corrected chi connectivity index (χ4v) is 5.34. The molecule has 23 heavy (non-hydrogen) atoms. The maximum absolute atomic E-state index is 12.5. The molecule has 0 saturated carbocycles. The van der Waals surface area contributed by atoms with Gasteiger partial charge in [0.05, 0.1) is 16.5 Å². The van der Waals surface area contributed by atoms with Gasteiger partial charge < -0.3 is 5.11 Å². The summed E-state index contributed by atoms with van der Waals surface area (Å²) in [6.45, 7) is 6.10. The molecule has 4 nitrogen and oxygen atoms in total. The Morgan fingerprint density at radius 3 is 2.48 bits per heavy atom. The minimum atomic E-state index is -3.65. The molecule has 1 rings (SSSR count). The van der Waals surface area contributed by atoms with Crippen molar-refractivity contribution in [2.75, 3.05) is 0 Å². The van der Waals surface area contributed by atoms with Crippen molar-refractivity contribution < 1.29 is 13.5 Å². The molecule has 3 atom stereocenters. The Morgan fingerprint density at radius 1 is 1.26 bits per heavy atom. The molecule has 1 aromatic rings. The van der Waals surface area contributed by atoms with Crippen LogP contribution in [0.3, 0.4) is 0 Å². The van der Waals surface area contributed by atoms with E-state index in [0.29, 0.717) is 10.8 Å². The molecular weight excluding hydrogens is 354 g/mol. The van der Waals surface area contributed by atoms with Crippen LogP contribution in [-0.2, 0) is 10.0 Å². The first kappa shape index (κ1) is 20.9. The van der Waals surface area contributed by atoms with Crippen molar-refractivity contribution in [1.82, 2.24) is 4.72 Å². The van der Waals surface area contributed by atoms with E-state index >= 15 is 0 Å². The largest absolute Gasteiger partial charge is 0.391 e. The number of sulfonamides is 1. The molecule has 0 spiro atoms. The predicted molar refractivity (Wildman–Crippen MR) is 97.7 cm³/mol. The lowest BCUT2D eigenvalue weighted by atomic mass is 9.92. The Hall–Kier alpha value is -0.140. The summed E-state index contributed by atoms with van der Waals surface area (Å²) in [6, 6.07) is 2.59. The van der Waals surface area contributed by atoms with Crippen molar-refractivity contribution in [2.45, 2.75) is 75.7 Å². The summed E-state index contributed by atoms with van der Waals surface area (Å²) < 4.78 is 28.3. The van der Waals surface area contributed by atoms with Crippen LogP contribution in [0.2, 0.25) is 4.34 Å². The highest BCUT2D eigenvalue weighted by Crippen LogP contribution is 2.27. The maximum Gasteiger partial charge on any atom is 0.250 e. The lowest BCUT2D eigenvalue weighted by Gasteiger charge is -2.28. The van der Waals surface area contributed by atoms with Crippen molar-refractivity contribution in [2.24, 2.45) is 5.92 Å². The third-order valence-corrected chi connectivity index (χ3v) is 7.31. The Labute approximate surface area is 149 Å². The van der Waals surface area contributed by atoms with Crippen molar-refractivity contribution in [1.29, 1.82) is 0 Å². The molecule has 0 aliphatic rings. The first-order chi connectivity index (χ1) is 10.8. The Bertz CT molecular complexity index is 559. The molecule has 0 saturated heterocycles. The van der Waals surface area contributed by atoms with Crippen LogP contribution in [0.4, 0.5) is 0 Å². The second-order valence-corrected chi connectivity index (χ2v) is 9.66. The van der Waals surface area contributed by atoms with E-state index in [4.69, 9.17) is 11.6 Å². The molecule has 2 N–H and O–H groups in total. The number of aliphatic hydroxyl groups is 1. The first-order valence-corrected chi connectivity index (χ1v) is 10.9. The minimum Gasteiger partial charge on any atom is -0.391 e. The van der Waals surface area contributed by atoms with E-state index in [0.717, 1.165) is 43.4 Å². The summed E-state index contributed by atoms with van der Waals surface area (Å²) in [4.78, 5) is 0. The number of hydrogen-bond donors (Lipinski definition) is 2. The zero-order valence-electron chi connectivity index (χ0n) is 14.1. The van der Waals surface area contributed by atoms with Crippen LogP contribution in [0, 0.1) is 5.92 Å². The molecule has 0 aliphatic heterocycles. The van der Waals surface area contributed by atoms with Gasteiger partial charge in [0.15, 0.2) is 0 Å². The number of aliphatic hydroxyl groups excluding tert-OH is 1. The second kappa shape index (κ2) is 9.99. The molecule has 0 radical (unpaired) electrons. The third kappa shape index (κ3) is 6.70. The highest BCUT2D eigenvalue weighted by Gasteiger charge is 2.30. The fourth-order valence-electron chi connectivity index (χ4n) is 2.47. The molecule has 0 aromatic carbocycles. The summed E-state index contributed by atoms with van der Waals surface area (Å²) in [5.41, 5.74) is 0. The summed E-state index contributed by atoms with van der Waals surface area (Å²) in [5.74, 6) is 0.0568. The second-order valence-electron chi connectivity index (χ2n) is 6.01. The molecule has 7 heteroatoms. The zero-order valence-corrected chi connectivity index (χ0v) is 16.5. The fraction of sp³-hybridized carbons (Fsp3) is 0.750. The minimum absolute atomic E-state index is 0.0568. The highest BCUT2D eigenvalue weighted by molar-refractivity contribution is 7.91. The van der Waals surface area contributed by atoms with Crippen LogP contribution in [0.25, 0.3) is 0 Å². The number of halogens is 1. The standard InChI is InChI=1S/C16H28ClNO3S2/c1-4-6-7-8-9-13(19)16(12(3)5-2)18-23(20,21)15-11-10-14(17)22-15/h10-13,16,18-19H,4-9H2,1-3H3/t12-,13?,16-/m0/s1. The van der Waals surface area contributed by atoms with Crippen LogP contribution in [0.5, 0.6) is 0 Å². The Morgan fingerprint density at radius 2 is 1.96 bits per heavy atom. The van der Waals surface area contributed by atoms with Crippen molar-refractivity contribution in [3.63, 3.8) is 0 Å². The van der Waals surface area contributed by atoms with Gasteiger partial charge in [-0.2, -0.15) is 0 Å². The van der Waals surface area contributed by atoms with Crippen LogP contribution in [0.15, 0.2) is 16.3 Å². The summed E-state index contributed by atoms with van der Waals surface area (Å²) in [6.07, 6.45) is 4.99. The van der Waals surface area contributed by atoms with Gasteiger partial charge in [-0.15, -0.1) is 11.3 Å². The molecule has 134 valence electrons. The Kier molecular flexibility index (Phi) is 9.08. The van der Waals surface area contributed by atoms with Crippen LogP contribution in [0.1, 0.15) is 59.3 Å². The molecular formula is C16H28ClNO3S2. The molecule has 0 bridgehead atoms. The third-order valence-electron chi connectivity index (χ3n) is 4.13. The van der Waals surface area contributed by atoms with Gasteiger partial charge in [-0.3, -0.25) is 0 Å². The van der Waals surface area contributed by atoms with Gasteiger partial charge in [-0.1, -0.05) is 64.5 Å². The number of rotatable bonds is 11. The molecule has 1 unspecified atom stereocenters. The SMILES string of the molecule is CCCCCCC(O)[C@@H](NS(=O)(=O)c1ccc(Cl)s1)[C@@H](C)CC.